The minimum absolute atomic E-state index is 0.341. The van der Waals surface area contributed by atoms with Gasteiger partial charge in [-0.05, 0) is 26.8 Å². The highest BCUT2D eigenvalue weighted by molar-refractivity contribution is 5.90. The predicted molar refractivity (Wildman–Crippen MR) is 57.1 cm³/mol. The quantitative estimate of drug-likeness (QED) is 0.747. The molecule has 0 aliphatic rings. The van der Waals surface area contributed by atoms with Crippen LogP contribution in [0.3, 0.4) is 0 Å². The highest BCUT2D eigenvalue weighted by atomic mass is 15.3. The molecule has 0 aliphatic heterocycles. The smallest absolute Gasteiger partial charge is 0.134 e. The summed E-state index contributed by atoms with van der Waals surface area (Å²) in [4.78, 5) is 4.07. The van der Waals surface area contributed by atoms with Crippen LogP contribution in [0.25, 0.3) is 10.9 Å². The molecule has 74 valence electrons. The van der Waals surface area contributed by atoms with E-state index in [0.29, 0.717) is 11.9 Å². The van der Waals surface area contributed by atoms with Crippen molar-refractivity contribution in [2.75, 3.05) is 5.73 Å². The molecule has 2 aromatic rings. The number of aromatic nitrogens is 3. The largest absolute Gasteiger partial charge is 0.383 e. The number of aryl methyl sites for hydroxylation is 1. The molecule has 0 fully saturated rings. The summed E-state index contributed by atoms with van der Waals surface area (Å²) in [6, 6.07) is 2.29. The molecular weight excluding hydrogens is 176 g/mol. The standard InChI is InChI=1S/C10H14N4/c1-6(2)14-8-4-5-12-10(11)9(8)7(3)13-14/h4-6H,1-3H3,(H2,11,12). The molecule has 0 radical (unpaired) electrons. The Morgan fingerprint density at radius 1 is 1.43 bits per heavy atom. The third kappa shape index (κ3) is 1.14. The lowest BCUT2D eigenvalue weighted by molar-refractivity contribution is 0.547. The van der Waals surface area contributed by atoms with Crippen LogP contribution in [0.5, 0.6) is 0 Å². The zero-order valence-corrected chi connectivity index (χ0v) is 8.65. The van der Waals surface area contributed by atoms with E-state index < -0.39 is 0 Å². The van der Waals surface area contributed by atoms with Gasteiger partial charge in [0.1, 0.15) is 5.82 Å². The van der Waals surface area contributed by atoms with Gasteiger partial charge in [0.15, 0.2) is 0 Å². The van der Waals surface area contributed by atoms with Crippen LogP contribution in [0.1, 0.15) is 25.6 Å². The van der Waals surface area contributed by atoms with Crippen LogP contribution in [-0.4, -0.2) is 14.8 Å². The van der Waals surface area contributed by atoms with Gasteiger partial charge < -0.3 is 5.73 Å². The Labute approximate surface area is 82.7 Å². The Morgan fingerprint density at radius 3 is 2.79 bits per heavy atom. The number of fused-ring (bicyclic) bond motifs is 1. The fourth-order valence-corrected chi connectivity index (χ4v) is 1.69. The zero-order valence-electron chi connectivity index (χ0n) is 8.65. The minimum Gasteiger partial charge on any atom is -0.383 e. The van der Waals surface area contributed by atoms with E-state index in [2.05, 4.69) is 23.9 Å². The number of nitrogens with two attached hydrogens (primary N) is 1. The second-order valence-corrected chi connectivity index (χ2v) is 3.71. The number of pyridine rings is 1. The van der Waals surface area contributed by atoms with E-state index in [-0.39, 0.29) is 0 Å². The Kier molecular flexibility index (Phi) is 1.91. The molecule has 0 aliphatic carbocycles. The van der Waals surface area contributed by atoms with E-state index in [1.807, 2.05) is 17.7 Å². The molecule has 2 N–H and O–H groups in total. The van der Waals surface area contributed by atoms with Crippen molar-refractivity contribution < 1.29 is 0 Å². The molecule has 2 rings (SSSR count). The Morgan fingerprint density at radius 2 is 2.14 bits per heavy atom. The lowest BCUT2D eigenvalue weighted by atomic mass is 10.2. The summed E-state index contributed by atoms with van der Waals surface area (Å²) in [5.41, 5.74) is 7.81. The van der Waals surface area contributed by atoms with Crippen LogP contribution < -0.4 is 5.73 Å². The summed E-state index contributed by atoms with van der Waals surface area (Å²) in [6.07, 6.45) is 1.72. The van der Waals surface area contributed by atoms with Gasteiger partial charge in [-0.2, -0.15) is 5.10 Å². The lowest BCUT2D eigenvalue weighted by Gasteiger charge is -2.06. The third-order valence-electron chi connectivity index (χ3n) is 2.31. The van der Waals surface area contributed by atoms with Crippen molar-refractivity contribution >= 4 is 16.7 Å². The van der Waals surface area contributed by atoms with Crippen molar-refractivity contribution in [2.24, 2.45) is 0 Å². The van der Waals surface area contributed by atoms with E-state index in [0.717, 1.165) is 16.6 Å². The first-order valence-corrected chi connectivity index (χ1v) is 4.70. The maximum atomic E-state index is 5.81. The van der Waals surface area contributed by atoms with Gasteiger partial charge >= 0.3 is 0 Å². The Balaban J connectivity index is 2.84. The van der Waals surface area contributed by atoms with E-state index in [9.17, 15) is 0 Å². The average molecular weight is 190 g/mol. The Bertz CT molecular complexity index is 470. The molecule has 0 bridgehead atoms. The summed E-state index contributed by atoms with van der Waals surface area (Å²) in [5, 5.41) is 5.42. The zero-order chi connectivity index (χ0) is 10.3. The van der Waals surface area contributed by atoms with Crippen LogP contribution in [0.15, 0.2) is 12.3 Å². The van der Waals surface area contributed by atoms with Gasteiger partial charge in [-0.15, -0.1) is 0 Å². The molecule has 0 saturated heterocycles. The number of anilines is 1. The maximum absolute atomic E-state index is 5.81. The predicted octanol–water partition coefficient (Wildman–Crippen LogP) is 1.90. The second kappa shape index (κ2) is 2.97. The van der Waals surface area contributed by atoms with Crippen molar-refractivity contribution in [3.05, 3.63) is 18.0 Å². The summed E-state index contributed by atoms with van der Waals surface area (Å²) in [7, 11) is 0. The first-order chi connectivity index (χ1) is 6.61. The van der Waals surface area contributed by atoms with E-state index >= 15 is 0 Å². The summed E-state index contributed by atoms with van der Waals surface area (Å²) < 4.78 is 1.97. The van der Waals surface area contributed by atoms with Gasteiger partial charge in [0.25, 0.3) is 0 Å². The topological polar surface area (TPSA) is 56.7 Å². The molecule has 2 heterocycles. The molecule has 0 amide bonds. The van der Waals surface area contributed by atoms with Crippen LogP contribution in [0.2, 0.25) is 0 Å². The first-order valence-electron chi connectivity index (χ1n) is 4.70. The molecule has 0 aromatic carbocycles. The fourth-order valence-electron chi connectivity index (χ4n) is 1.69. The summed E-state index contributed by atoms with van der Waals surface area (Å²) in [5.74, 6) is 0.562. The molecule has 4 nitrogen and oxygen atoms in total. The number of hydrogen-bond acceptors (Lipinski definition) is 3. The lowest BCUT2D eigenvalue weighted by Crippen LogP contribution is -2.02. The number of nitrogens with zero attached hydrogens (tertiary/aromatic N) is 3. The molecule has 0 spiro atoms. The van der Waals surface area contributed by atoms with E-state index in [1.54, 1.807) is 6.20 Å². The van der Waals surface area contributed by atoms with Gasteiger partial charge in [0.05, 0.1) is 16.6 Å². The fraction of sp³-hybridized carbons (Fsp3) is 0.400. The van der Waals surface area contributed by atoms with Crippen molar-refractivity contribution in [2.45, 2.75) is 26.8 Å². The first kappa shape index (κ1) is 8.99. The molecular formula is C10H14N4. The average Bonchev–Trinajstić information content (AvgIpc) is 2.45. The molecule has 0 atom stereocenters. The molecule has 2 aromatic heterocycles. The second-order valence-electron chi connectivity index (χ2n) is 3.71. The van der Waals surface area contributed by atoms with Crippen molar-refractivity contribution in [3.63, 3.8) is 0 Å². The van der Waals surface area contributed by atoms with Crippen molar-refractivity contribution in [3.8, 4) is 0 Å². The summed E-state index contributed by atoms with van der Waals surface area (Å²) in [6.45, 7) is 6.16. The monoisotopic (exact) mass is 190 g/mol. The highest BCUT2D eigenvalue weighted by Crippen LogP contribution is 2.24. The van der Waals surface area contributed by atoms with Crippen molar-refractivity contribution in [1.82, 2.24) is 14.8 Å². The van der Waals surface area contributed by atoms with E-state index in [4.69, 9.17) is 5.73 Å². The van der Waals surface area contributed by atoms with Gasteiger partial charge in [0, 0.05) is 12.2 Å². The minimum atomic E-state index is 0.341. The SMILES string of the molecule is Cc1nn(C(C)C)c2ccnc(N)c12. The number of hydrogen-bond donors (Lipinski definition) is 1. The van der Waals surface area contributed by atoms with Crippen LogP contribution in [0.4, 0.5) is 5.82 Å². The third-order valence-corrected chi connectivity index (χ3v) is 2.31. The number of rotatable bonds is 1. The number of nitrogen functional groups attached to an aromatic ring is 1. The van der Waals surface area contributed by atoms with Crippen LogP contribution in [-0.2, 0) is 0 Å². The molecule has 0 unspecified atom stereocenters. The van der Waals surface area contributed by atoms with Crippen LogP contribution >= 0.6 is 0 Å². The highest BCUT2D eigenvalue weighted by Gasteiger charge is 2.11. The van der Waals surface area contributed by atoms with Crippen LogP contribution in [0, 0.1) is 6.92 Å². The van der Waals surface area contributed by atoms with Gasteiger partial charge in [-0.3, -0.25) is 4.68 Å². The summed E-state index contributed by atoms with van der Waals surface area (Å²) >= 11 is 0. The normalized spacial score (nSPS) is 11.4. The van der Waals surface area contributed by atoms with Gasteiger partial charge in [-0.1, -0.05) is 0 Å². The van der Waals surface area contributed by atoms with Crippen molar-refractivity contribution in [1.29, 1.82) is 0 Å². The molecule has 4 heteroatoms. The Hall–Kier alpha value is -1.58. The molecule has 14 heavy (non-hydrogen) atoms. The molecule has 0 saturated carbocycles. The van der Waals surface area contributed by atoms with Gasteiger partial charge in [-0.25, -0.2) is 4.98 Å². The van der Waals surface area contributed by atoms with E-state index in [1.165, 1.54) is 0 Å². The van der Waals surface area contributed by atoms with Gasteiger partial charge in [0.2, 0.25) is 0 Å². The maximum Gasteiger partial charge on any atom is 0.134 e.